The van der Waals surface area contributed by atoms with Crippen LogP contribution in [0, 0.1) is 0 Å². The highest BCUT2D eigenvalue weighted by Gasteiger charge is 2.34. The zero-order valence-electron chi connectivity index (χ0n) is 15.8. The number of carbonyl (C=O) groups is 2. The third kappa shape index (κ3) is 5.14. The highest BCUT2D eigenvalue weighted by atomic mass is 35.5. The number of hydrogen-bond donors (Lipinski definition) is 1. The molecular weight excluding hydrogens is 368 g/mol. The summed E-state index contributed by atoms with van der Waals surface area (Å²) < 4.78 is 5.24. The zero-order valence-corrected chi connectivity index (χ0v) is 16.6. The number of benzene rings is 1. The summed E-state index contributed by atoms with van der Waals surface area (Å²) in [7, 11) is 1.64. The lowest BCUT2D eigenvalue weighted by atomic mass is 10.0. The van der Waals surface area contributed by atoms with Gasteiger partial charge >= 0.3 is 5.97 Å². The van der Waals surface area contributed by atoms with E-state index in [4.69, 9.17) is 4.74 Å². The van der Waals surface area contributed by atoms with Gasteiger partial charge in [0, 0.05) is 6.54 Å². The molecule has 6 nitrogen and oxygen atoms in total. The Morgan fingerprint density at radius 1 is 1.07 bits per heavy atom. The average Bonchev–Trinajstić information content (AvgIpc) is 2.97. The molecule has 27 heavy (non-hydrogen) atoms. The number of likely N-dealkylation sites (tertiary alicyclic amines) is 2. The fourth-order valence-corrected chi connectivity index (χ4v) is 4.14. The van der Waals surface area contributed by atoms with E-state index in [2.05, 4.69) is 0 Å². The van der Waals surface area contributed by atoms with Gasteiger partial charge in [-0.05, 0) is 49.9 Å². The predicted molar refractivity (Wildman–Crippen MR) is 105 cm³/mol. The number of aliphatic carboxylic acids is 1. The first-order chi connectivity index (χ1) is 12.6. The van der Waals surface area contributed by atoms with E-state index >= 15 is 0 Å². The van der Waals surface area contributed by atoms with Crippen molar-refractivity contribution in [3.63, 3.8) is 0 Å². The maximum absolute atomic E-state index is 13.0. The maximum Gasteiger partial charge on any atom is 0.320 e. The van der Waals surface area contributed by atoms with Crippen molar-refractivity contribution < 1.29 is 19.4 Å². The molecule has 0 bridgehead atoms. The third-order valence-corrected chi connectivity index (χ3v) is 5.56. The van der Waals surface area contributed by atoms with Crippen molar-refractivity contribution in [3.05, 3.63) is 29.8 Å². The number of carboxylic acid groups (broad SMARTS) is 1. The Morgan fingerprint density at radius 3 is 2.48 bits per heavy atom. The van der Waals surface area contributed by atoms with Crippen molar-refractivity contribution in [1.82, 2.24) is 9.80 Å². The molecule has 2 aliphatic rings. The molecule has 1 aromatic rings. The van der Waals surface area contributed by atoms with E-state index in [0.29, 0.717) is 13.0 Å². The lowest BCUT2D eigenvalue weighted by Crippen LogP contribution is -2.45. The van der Waals surface area contributed by atoms with Crippen molar-refractivity contribution in [2.75, 3.05) is 26.7 Å². The predicted octanol–water partition coefficient (Wildman–Crippen LogP) is 3.11. The Hall–Kier alpha value is -1.79. The number of nitrogens with zero attached hydrogens (tertiary/aromatic N) is 2. The molecule has 1 N–H and O–H groups in total. The van der Waals surface area contributed by atoms with Crippen LogP contribution in [0.25, 0.3) is 0 Å². The summed E-state index contributed by atoms with van der Waals surface area (Å²) >= 11 is 0. The molecule has 1 amide bonds. The molecule has 0 spiro atoms. The Morgan fingerprint density at radius 2 is 1.81 bits per heavy atom. The standard InChI is InChI=1S/C20H28N2O4.ClH/c1-26-16-10-8-15(9-11-16)17-6-3-2-4-13-22(17)19(23)14-21-12-5-7-18(21)20(24)25;/h8-11,17-18H,2-7,12-14H2,1H3,(H,24,25);1H. The van der Waals surface area contributed by atoms with Gasteiger partial charge in [0.25, 0.3) is 0 Å². The van der Waals surface area contributed by atoms with Crippen molar-refractivity contribution >= 4 is 24.3 Å². The van der Waals surface area contributed by atoms with Crippen LogP contribution in [0.4, 0.5) is 0 Å². The Labute approximate surface area is 166 Å². The van der Waals surface area contributed by atoms with Crippen LogP contribution in [0.2, 0.25) is 0 Å². The fourth-order valence-electron chi connectivity index (χ4n) is 4.14. The molecule has 2 saturated heterocycles. The number of carboxylic acids is 1. The van der Waals surface area contributed by atoms with Gasteiger partial charge in [-0.25, -0.2) is 0 Å². The molecule has 2 fully saturated rings. The summed E-state index contributed by atoms with van der Waals surface area (Å²) in [5.41, 5.74) is 1.12. The minimum absolute atomic E-state index is 0. The molecule has 2 atom stereocenters. The summed E-state index contributed by atoms with van der Waals surface area (Å²) in [6.07, 6.45) is 5.64. The van der Waals surface area contributed by atoms with E-state index < -0.39 is 12.0 Å². The van der Waals surface area contributed by atoms with E-state index in [0.717, 1.165) is 50.0 Å². The average molecular weight is 397 g/mol. The number of halogens is 1. The first-order valence-electron chi connectivity index (χ1n) is 9.50. The Bertz CT molecular complexity index is 637. The van der Waals surface area contributed by atoms with Gasteiger partial charge in [-0.15, -0.1) is 12.4 Å². The van der Waals surface area contributed by atoms with Gasteiger partial charge in [0.1, 0.15) is 11.8 Å². The molecule has 0 aliphatic carbocycles. The molecule has 2 unspecified atom stereocenters. The van der Waals surface area contributed by atoms with Crippen LogP contribution in [-0.4, -0.2) is 59.6 Å². The second kappa shape index (κ2) is 9.95. The van der Waals surface area contributed by atoms with Crippen molar-refractivity contribution in [3.8, 4) is 5.75 Å². The van der Waals surface area contributed by atoms with Crippen LogP contribution in [0.3, 0.4) is 0 Å². The number of methoxy groups -OCH3 is 1. The molecule has 0 aromatic heterocycles. The fraction of sp³-hybridized carbons (Fsp3) is 0.600. The molecule has 3 rings (SSSR count). The first-order valence-corrected chi connectivity index (χ1v) is 9.50. The first kappa shape index (κ1) is 21.5. The molecule has 2 heterocycles. The quantitative estimate of drug-likeness (QED) is 0.828. The summed E-state index contributed by atoms with van der Waals surface area (Å²) in [6, 6.07) is 7.47. The summed E-state index contributed by atoms with van der Waals surface area (Å²) in [4.78, 5) is 28.2. The molecule has 0 radical (unpaired) electrons. The highest BCUT2D eigenvalue weighted by Crippen LogP contribution is 2.31. The SMILES string of the molecule is COc1ccc(C2CCCCCN2C(=O)CN2CCCC2C(=O)O)cc1.Cl. The number of ether oxygens (including phenoxy) is 1. The van der Waals surface area contributed by atoms with E-state index in [1.807, 2.05) is 34.1 Å². The van der Waals surface area contributed by atoms with Gasteiger partial charge in [-0.1, -0.05) is 25.0 Å². The van der Waals surface area contributed by atoms with E-state index in [1.165, 1.54) is 0 Å². The van der Waals surface area contributed by atoms with Crippen LogP contribution in [0.15, 0.2) is 24.3 Å². The minimum Gasteiger partial charge on any atom is -0.497 e. The second-order valence-electron chi connectivity index (χ2n) is 7.19. The Kier molecular flexibility index (Phi) is 7.92. The molecule has 1 aromatic carbocycles. The maximum atomic E-state index is 13.0. The summed E-state index contributed by atoms with van der Waals surface area (Å²) in [5.74, 6) is 0.0281. The topological polar surface area (TPSA) is 70.1 Å². The molecule has 7 heteroatoms. The van der Waals surface area contributed by atoms with Gasteiger partial charge < -0.3 is 14.7 Å². The van der Waals surface area contributed by atoms with E-state index in [9.17, 15) is 14.7 Å². The molecule has 2 aliphatic heterocycles. The van der Waals surface area contributed by atoms with Crippen molar-refractivity contribution in [2.45, 2.75) is 50.6 Å². The van der Waals surface area contributed by atoms with Crippen molar-refractivity contribution in [2.24, 2.45) is 0 Å². The van der Waals surface area contributed by atoms with Crippen LogP contribution < -0.4 is 4.74 Å². The lowest BCUT2D eigenvalue weighted by Gasteiger charge is -2.32. The van der Waals surface area contributed by atoms with Crippen molar-refractivity contribution in [1.29, 1.82) is 0 Å². The number of hydrogen-bond acceptors (Lipinski definition) is 4. The normalized spacial score (nSPS) is 23.4. The summed E-state index contributed by atoms with van der Waals surface area (Å²) in [5, 5.41) is 9.35. The number of carbonyl (C=O) groups excluding carboxylic acids is 1. The van der Waals surface area contributed by atoms with Crippen LogP contribution in [0.1, 0.15) is 50.1 Å². The number of amides is 1. The van der Waals surface area contributed by atoms with Gasteiger partial charge in [-0.3, -0.25) is 14.5 Å². The monoisotopic (exact) mass is 396 g/mol. The second-order valence-corrected chi connectivity index (χ2v) is 7.19. The molecule has 150 valence electrons. The van der Waals surface area contributed by atoms with Crippen LogP contribution in [0.5, 0.6) is 5.75 Å². The highest BCUT2D eigenvalue weighted by molar-refractivity contribution is 5.85. The van der Waals surface area contributed by atoms with E-state index in [1.54, 1.807) is 7.11 Å². The van der Waals surface area contributed by atoms with E-state index in [-0.39, 0.29) is 30.9 Å². The van der Waals surface area contributed by atoms with Gasteiger partial charge in [0.05, 0.1) is 19.7 Å². The number of rotatable bonds is 5. The largest absolute Gasteiger partial charge is 0.497 e. The van der Waals surface area contributed by atoms with Crippen LogP contribution >= 0.6 is 12.4 Å². The van der Waals surface area contributed by atoms with Gasteiger partial charge in [0.15, 0.2) is 0 Å². The van der Waals surface area contributed by atoms with Gasteiger partial charge in [-0.2, -0.15) is 0 Å². The minimum atomic E-state index is -0.821. The Balaban J connectivity index is 0.00000261. The molecular formula is C20H29ClN2O4. The van der Waals surface area contributed by atoms with Gasteiger partial charge in [0.2, 0.25) is 5.91 Å². The van der Waals surface area contributed by atoms with Crippen LogP contribution in [-0.2, 0) is 9.59 Å². The zero-order chi connectivity index (χ0) is 18.5. The lowest BCUT2D eigenvalue weighted by molar-refractivity contribution is -0.143. The third-order valence-electron chi connectivity index (χ3n) is 5.56. The summed E-state index contributed by atoms with van der Waals surface area (Å²) in [6.45, 7) is 1.62. The smallest absolute Gasteiger partial charge is 0.320 e. The molecule has 0 saturated carbocycles.